The summed E-state index contributed by atoms with van der Waals surface area (Å²) in [6, 6.07) is 7.52. The molecule has 0 heterocycles. The average Bonchev–Trinajstić information content (AvgIpc) is 2.50. The van der Waals surface area contributed by atoms with E-state index in [-0.39, 0.29) is 16.2 Å². The number of Topliss-reactive ketones (excluding diaryl/α,β-unsaturated/α-hetero) is 1. The van der Waals surface area contributed by atoms with Crippen molar-refractivity contribution in [3.63, 3.8) is 0 Å². The van der Waals surface area contributed by atoms with Crippen LogP contribution in [0.4, 0.5) is 0 Å². The Kier molecular flexibility index (Phi) is 6.00. The number of ether oxygens (including phenoxy) is 1. The zero-order valence-corrected chi connectivity index (χ0v) is 16.9. The summed E-state index contributed by atoms with van der Waals surface area (Å²) in [5.41, 5.74) is 3.14. The fourth-order valence-electron chi connectivity index (χ4n) is 2.74. The van der Waals surface area contributed by atoms with Crippen molar-refractivity contribution in [2.24, 2.45) is 5.14 Å². The zero-order valence-electron chi connectivity index (χ0n) is 14.5. The highest BCUT2D eigenvalue weighted by molar-refractivity contribution is 9.10. The summed E-state index contributed by atoms with van der Waals surface area (Å²) in [5, 5.41) is 5.07. The second kappa shape index (κ2) is 7.69. The summed E-state index contributed by atoms with van der Waals surface area (Å²) in [5.74, 6) is -1.15. The lowest BCUT2D eigenvalue weighted by Crippen LogP contribution is -2.18. The van der Waals surface area contributed by atoms with E-state index in [2.05, 4.69) is 15.9 Å². The van der Waals surface area contributed by atoms with E-state index in [0.29, 0.717) is 10.0 Å². The van der Waals surface area contributed by atoms with Crippen LogP contribution in [0.1, 0.15) is 37.4 Å². The minimum absolute atomic E-state index is 0.0262. The van der Waals surface area contributed by atoms with E-state index in [1.165, 1.54) is 12.1 Å². The summed E-state index contributed by atoms with van der Waals surface area (Å²) >= 11 is 3.16. The molecule has 0 aliphatic carbocycles. The molecule has 6 nitrogen and oxygen atoms in total. The number of ketones is 1. The lowest BCUT2D eigenvalue weighted by Gasteiger charge is -2.11. The zero-order chi connectivity index (χ0) is 19.6. The molecule has 8 heteroatoms. The van der Waals surface area contributed by atoms with Gasteiger partial charge in [-0.05, 0) is 66.0 Å². The van der Waals surface area contributed by atoms with Crippen LogP contribution in [0.3, 0.4) is 0 Å². The van der Waals surface area contributed by atoms with Crippen LogP contribution in [-0.2, 0) is 14.8 Å². The van der Waals surface area contributed by atoms with Gasteiger partial charge in [-0.1, -0.05) is 17.7 Å². The maximum absolute atomic E-state index is 12.4. The standard InChI is InChI=1S/C18H18BrNO5S/c1-10-6-11(2)17(12(3)7-10)16(21)9-25-18(22)14-8-13(26(20,23)24)4-5-15(14)19/h4-8H,9H2,1-3H3,(H2,20,23,24). The minimum atomic E-state index is -3.96. The third-order valence-corrected chi connectivity index (χ3v) is 5.38. The molecular formula is C18H18BrNO5S. The second-order valence-electron chi connectivity index (χ2n) is 5.96. The van der Waals surface area contributed by atoms with E-state index in [1.54, 1.807) is 0 Å². The first-order valence-electron chi connectivity index (χ1n) is 7.61. The fraction of sp³-hybridized carbons (Fsp3) is 0.222. The number of esters is 1. The van der Waals surface area contributed by atoms with Crippen molar-refractivity contribution in [1.82, 2.24) is 0 Å². The molecule has 2 rings (SSSR count). The van der Waals surface area contributed by atoms with Gasteiger partial charge in [0.15, 0.2) is 6.61 Å². The van der Waals surface area contributed by atoms with Crippen LogP contribution in [0.5, 0.6) is 0 Å². The van der Waals surface area contributed by atoms with Crippen molar-refractivity contribution in [2.45, 2.75) is 25.7 Å². The molecule has 0 saturated heterocycles. The van der Waals surface area contributed by atoms with Crippen molar-refractivity contribution in [3.05, 3.63) is 62.6 Å². The monoisotopic (exact) mass is 439 g/mol. The molecule has 0 fully saturated rings. The number of sulfonamides is 1. The molecule has 0 saturated carbocycles. The average molecular weight is 440 g/mol. The number of halogens is 1. The number of primary sulfonamides is 1. The quantitative estimate of drug-likeness (QED) is 0.569. The van der Waals surface area contributed by atoms with E-state index in [4.69, 9.17) is 9.88 Å². The Hall–Kier alpha value is -2.03. The fourth-order valence-corrected chi connectivity index (χ4v) is 3.69. The number of carbonyl (C=O) groups excluding carboxylic acids is 2. The molecule has 2 N–H and O–H groups in total. The molecular weight excluding hydrogens is 422 g/mol. The molecule has 2 aromatic rings. The predicted octanol–water partition coefficient (Wildman–Crippen LogP) is 3.06. The maximum Gasteiger partial charge on any atom is 0.339 e. The van der Waals surface area contributed by atoms with Gasteiger partial charge in [-0.25, -0.2) is 18.4 Å². The van der Waals surface area contributed by atoms with Gasteiger partial charge in [0.1, 0.15) is 0 Å². The van der Waals surface area contributed by atoms with Gasteiger partial charge in [-0.3, -0.25) is 4.79 Å². The van der Waals surface area contributed by atoms with E-state index in [9.17, 15) is 18.0 Å². The van der Waals surface area contributed by atoms with Crippen molar-refractivity contribution >= 4 is 37.7 Å². The molecule has 0 bridgehead atoms. The van der Waals surface area contributed by atoms with E-state index >= 15 is 0 Å². The maximum atomic E-state index is 12.4. The second-order valence-corrected chi connectivity index (χ2v) is 8.38. The molecule has 0 unspecified atom stereocenters. The van der Waals surface area contributed by atoms with Crippen LogP contribution in [-0.4, -0.2) is 26.8 Å². The first-order chi connectivity index (χ1) is 12.0. The lowest BCUT2D eigenvalue weighted by molar-refractivity contribution is 0.0473. The van der Waals surface area contributed by atoms with Gasteiger partial charge in [0.25, 0.3) is 0 Å². The first-order valence-corrected chi connectivity index (χ1v) is 9.95. The van der Waals surface area contributed by atoms with Gasteiger partial charge in [0.05, 0.1) is 10.5 Å². The number of aryl methyl sites for hydroxylation is 3. The molecule has 2 aromatic carbocycles. The third kappa shape index (κ3) is 4.57. The first kappa shape index (κ1) is 20.3. The van der Waals surface area contributed by atoms with Crippen LogP contribution >= 0.6 is 15.9 Å². The van der Waals surface area contributed by atoms with E-state index in [1.807, 2.05) is 32.9 Å². The number of nitrogens with two attached hydrogens (primary N) is 1. The van der Waals surface area contributed by atoms with Crippen molar-refractivity contribution < 1.29 is 22.7 Å². The summed E-state index contributed by atoms with van der Waals surface area (Å²) < 4.78 is 28.3. The van der Waals surface area contributed by atoms with Gasteiger partial charge >= 0.3 is 5.97 Å². The molecule has 26 heavy (non-hydrogen) atoms. The summed E-state index contributed by atoms with van der Waals surface area (Å²) in [6.45, 7) is 5.13. The van der Waals surface area contributed by atoms with Crippen LogP contribution < -0.4 is 5.14 Å². The Bertz CT molecular complexity index is 976. The van der Waals surface area contributed by atoms with Crippen LogP contribution in [0.25, 0.3) is 0 Å². The molecule has 0 atom stereocenters. The normalized spacial score (nSPS) is 11.3. The predicted molar refractivity (Wildman–Crippen MR) is 101 cm³/mol. The summed E-state index contributed by atoms with van der Waals surface area (Å²) in [4.78, 5) is 24.5. The smallest absolute Gasteiger partial charge is 0.339 e. The highest BCUT2D eigenvalue weighted by atomic mass is 79.9. The topological polar surface area (TPSA) is 104 Å². The van der Waals surface area contributed by atoms with Gasteiger partial charge in [0.2, 0.25) is 15.8 Å². The third-order valence-electron chi connectivity index (χ3n) is 3.78. The van der Waals surface area contributed by atoms with Crippen LogP contribution in [0, 0.1) is 20.8 Å². The molecule has 0 amide bonds. The molecule has 138 valence electrons. The van der Waals surface area contributed by atoms with Gasteiger partial charge in [-0.2, -0.15) is 0 Å². The van der Waals surface area contributed by atoms with Crippen molar-refractivity contribution in [1.29, 1.82) is 0 Å². The molecule has 0 aliphatic rings. The Balaban J connectivity index is 2.21. The highest BCUT2D eigenvalue weighted by Crippen LogP contribution is 2.22. The number of hydrogen-bond donors (Lipinski definition) is 1. The van der Waals surface area contributed by atoms with Crippen molar-refractivity contribution in [3.8, 4) is 0 Å². The van der Waals surface area contributed by atoms with Crippen LogP contribution in [0.2, 0.25) is 0 Å². The minimum Gasteiger partial charge on any atom is -0.454 e. The number of rotatable bonds is 5. The highest BCUT2D eigenvalue weighted by Gasteiger charge is 2.19. The summed E-state index contributed by atoms with van der Waals surface area (Å²) in [7, 11) is -3.96. The lowest BCUT2D eigenvalue weighted by atomic mass is 9.97. The molecule has 0 radical (unpaired) electrons. The van der Waals surface area contributed by atoms with E-state index < -0.39 is 22.6 Å². The number of benzene rings is 2. The van der Waals surface area contributed by atoms with Gasteiger partial charge in [-0.15, -0.1) is 0 Å². The number of hydrogen-bond acceptors (Lipinski definition) is 5. The van der Waals surface area contributed by atoms with Crippen LogP contribution in [0.15, 0.2) is 39.7 Å². The SMILES string of the molecule is Cc1cc(C)c(C(=O)COC(=O)c2cc(S(N)(=O)=O)ccc2Br)c(C)c1. The Morgan fingerprint density at radius 3 is 2.19 bits per heavy atom. The van der Waals surface area contributed by atoms with E-state index in [0.717, 1.165) is 22.8 Å². The molecule has 0 aromatic heterocycles. The Labute approximate surface area is 160 Å². The Morgan fingerprint density at radius 2 is 1.65 bits per heavy atom. The van der Waals surface area contributed by atoms with Crippen molar-refractivity contribution in [2.75, 3.05) is 6.61 Å². The summed E-state index contributed by atoms with van der Waals surface area (Å²) in [6.07, 6.45) is 0. The largest absolute Gasteiger partial charge is 0.454 e. The Morgan fingerprint density at radius 1 is 1.08 bits per heavy atom. The number of carbonyl (C=O) groups is 2. The van der Waals surface area contributed by atoms with Gasteiger partial charge in [0, 0.05) is 10.0 Å². The van der Waals surface area contributed by atoms with Gasteiger partial charge < -0.3 is 4.74 Å². The molecule has 0 aliphatic heterocycles. The molecule has 0 spiro atoms.